The first-order valence-electron chi connectivity index (χ1n) is 10.6. The number of hydrogen-bond donors (Lipinski definition) is 1. The zero-order chi connectivity index (χ0) is 21.7. The molecule has 5 nitrogen and oxygen atoms in total. The smallest absolute Gasteiger partial charge is 0.265 e. The van der Waals surface area contributed by atoms with Crippen LogP contribution in [0.25, 0.3) is 16.5 Å². The topological polar surface area (TPSA) is 57.8 Å². The van der Waals surface area contributed by atoms with E-state index in [-0.39, 0.29) is 11.4 Å². The van der Waals surface area contributed by atoms with Gasteiger partial charge in [-0.05, 0) is 63.2 Å². The molecular formula is C25H31N3O2. The summed E-state index contributed by atoms with van der Waals surface area (Å²) in [6, 6.07) is 13.2. The van der Waals surface area contributed by atoms with Gasteiger partial charge in [-0.15, -0.1) is 0 Å². The first-order chi connectivity index (χ1) is 14.5. The summed E-state index contributed by atoms with van der Waals surface area (Å²) in [5.74, 6) is -0.0695. The van der Waals surface area contributed by atoms with Gasteiger partial charge in [-0.1, -0.05) is 44.2 Å². The number of aromatic hydroxyl groups is 1. The maximum Gasteiger partial charge on any atom is 0.265 e. The van der Waals surface area contributed by atoms with E-state index in [1.807, 2.05) is 50.2 Å². The van der Waals surface area contributed by atoms with Gasteiger partial charge >= 0.3 is 0 Å². The fourth-order valence-electron chi connectivity index (χ4n) is 3.77. The molecule has 0 aliphatic rings. The Hall–Kier alpha value is -2.92. The Morgan fingerprint density at radius 3 is 2.43 bits per heavy atom. The largest absolute Gasteiger partial charge is 0.494 e. The molecule has 3 rings (SSSR count). The van der Waals surface area contributed by atoms with Crippen molar-refractivity contribution in [2.24, 2.45) is 4.99 Å². The van der Waals surface area contributed by atoms with Gasteiger partial charge in [0, 0.05) is 23.5 Å². The third-order valence-electron chi connectivity index (χ3n) is 5.80. The second kappa shape index (κ2) is 9.72. The summed E-state index contributed by atoms with van der Waals surface area (Å²) in [5, 5.41) is 12.4. The van der Waals surface area contributed by atoms with E-state index in [1.54, 1.807) is 12.3 Å². The summed E-state index contributed by atoms with van der Waals surface area (Å²) < 4.78 is 1.40. The van der Waals surface area contributed by atoms with Crippen molar-refractivity contribution in [2.75, 3.05) is 26.2 Å². The average molecular weight is 406 g/mol. The van der Waals surface area contributed by atoms with Gasteiger partial charge in [-0.25, -0.2) is 4.57 Å². The van der Waals surface area contributed by atoms with Crippen molar-refractivity contribution in [2.45, 2.75) is 34.1 Å². The number of benzene rings is 2. The van der Waals surface area contributed by atoms with E-state index in [4.69, 9.17) is 0 Å². The molecule has 0 saturated heterocycles. The summed E-state index contributed by atoms with van der Waals surface area (Å²) in [5.41, 5.74) is 3.08. The minimum Gasteiger partial charge on any atom is -0.494 e. The maximum absolute atomic E-state index is 13.2. The van der Waals surface area contributed by atoms with Crippen LogP contribution in [0.4, 0.5) is 0 Å². The van der Waals surface area contributed by atoms with Gasteiger partial charge in [-0.2, -0.15) is 0 Å². The van der Waals surface area contributed by atoms with E-state index >= 15 is 0 Å². The highest BCUT2D eigenvalue weighted by molar-refractivity contribution is 6.01. The Morgan fingerprint density at radius 1 is 1.03 bits per heavy atom. The molecule has 1 aromatic heterocycles. The van der Waals surface area contributed by atoms with Gasteiger partial charge in [0.25, 0.3) is 5.56 Å². The Labute approximate surface area is 178 Å². The number of hydrogen-bond acceptors (Lipinski definition) is 4. The van der Waals surface area contributed by atoms with Crippen molar-refractivity contribution in [3.05, 3.63) is 69.5 Å². The van der Waals surface area contributed by atoms with Gasteiger partial charge in [0.2, 0.25) is 5.88 Å². The van der Waals surface area contributed by atoms with E-state index < -0.39 is 0 Å². The minimum absolute atomic E-state index is 0.0695. The third-order valence-corrected chi connectivity index (χ3v) is 5.80. The van der Waals surface area contributed by atoms with Crippen molar-refractivity contribution in [1.82, 2.24) is 9.47 Å². The third kappa shape index (κ3) is 4.31. The lowest BCUT2D eigenvalue weighted by Gasteiger charge is -2.17. The zero-order valence-corrected chi connectivity index (χ0v) is 18.4. The van der Waals surface area contributed by atoms with E-state index in [0.717, 1.165) is 37.2 Å². The molecule has 30 heavy (non-hydrogen) atoms. The Bertz CT molecular complexity index is 1110. The minimum atomic E-state index is -0.226. The lowest BCUT2D eigenvalue weighted by molar-refractivity contribution is 0.302. The van der Waals surface area contributed by atoms with E-state index in [9.17, 15) is 9.90 Å². The normalized spacial score (nSPS) is 11.8. The number of aliphatic imine (C=N–C) groups is 1. The molecular weight excluding hydrogens is 374 g/mol. The van der Waals surface area contributed by atoms with Gasteiger partial charge in [0.05, 0.1) is 11.3 Å². The van der Waals surface area contributed by atoms with Crippen LogP contribution in [0.15, 0.2) is 52.3 Å². The SMILES string of the molecule is CCN(CC)CCCN=Cc1c(O)n(-c2cccc(C)c2C)c(=O)c2ccccc12. The fourth-order valence-corrected chi connectivity index (χ4v) is 3.77. The van der Waals surface area contributed by atoms with Crippen LogP contribution in [-0.2, 0) is 0 Å². The predicted octanol–water partition coefficient (Wildman–Crippen LogP) is 4.46. The second-order valence-electron chi connectivity index (χ2n) is 7.56. The molecule has 2 aromatic carbocycles. The Kier molecular flexibility index (Phi) is 7.06. The number of aromatic nitrogens is 1. The quantitative estimate of drug-likeness (QED) is 0.444. The molecule has 158 valence electrons. The summed E-state index contributed by atoms with van der Waals surface area (Å²) in [4.78, 5) is 20.2. The van der Waals surface area contributed by atoms with Crippen LogP contribution < -0.4 is 5.56 Å². The lowest BCUT2D eigenvalue weighted by atomic mass is 10.0. The van der Waals surface area contributed by atoms with Crippen molar-refractivity contribution in [3.63, 3.8) is 0 Å². The first-order valence-corrected chi connectivity index (χ1v) is 10.6. The molecule has 0 aliphatic carbocycles. The number of rotatable bonds is 8. The standard InChI is InChI=1S/C25H31N3O2/c1-5-27(6-2)16-10-15-26-17-22-20-12-7-8-13-21(20)24(29)28(25(22)30)23-14-9-11-18(3)19(23)4/h7-9,11-14,17,30H,5-6,10,15-16H2,1-4H3. The van der Waals surface area contributed by atoms with Crippen molar-refractivity contribution in [1.29, 1.82) is 0 Å². The van der Waals surface area contributed by atoms with Crippen LogP contribution in [0.3, 0.4) is 0 Å². The molecule has 0 radical (unpaired) electrons. The van der Waals surface area contributed by atoms with E-state index in [2.05, 4.69) is 23.7 Å². The average Bonchev–Trinajstić information content (AvgIpc) is 2.76. The lowest BCUT2D eigenvalue weighted by Crippen LogP contribution is -2.24. The van der Waals surface area contributed by atoms with Crippen molar-refractivity contribution < 1.29 is 5.11 Å². The van der Waals surface area contributed by atoms with Crippen LogP contribution in [0.5, 0.6) is 5.88 Å². The maximum atomic E-state index is 13.2. The molecule has 0 saturated carbocycles. The molecule has 5 heteroatoms. The van der Waals surface area contributed by atoms with Gasteiger partial charge in [0.15, 0.2) is 0 Å². The van der Waals surface area contributed by atoms with Crippen LogP contribution in [0.1, 0.15) is 37.0 Å². The number of nitrogens with zero attached hydrogens (tertiary/aromatic N) is 3. The molecule has 1 heterocycles. The highest BCUT2D eigenvalue weighted by Gasteiger charge is 2.17. The second-order valence-corrected chi connectivity index (χ2v) is 7.56. The van der Waals surface area contributed by atoms with Crippen molar-refractivity contribution in [3.8, 4) is 11.6 Å². The van der Waals surface area contributed by atoms with Crippen molar-refractivity contribution >= 4 is 17.0 Å². The molecule has 0 fully saturated rings. The number of aryl methyl sites for hydroxylation is 1. The van der Waals surface area contributed by atoms with Crippen LogP contribution >= 0.6 is 0 Å². The molecule has 0 bridgehead atoms. The first kappa shape index (κ1) is 21.8. The Morgan fingerprint density at radius 2 is 1.73 bits per heavy atom. The number of pyridine rings is 1. The molecule has 3 aromatic rings. The zero-order valence-electron chi connectivity index (χ0n) is 18.4. The highest BCUT2D eigenvalue weighted by atomic mass is 16.3. The van der Waals surface area contributed by atoms with Crippen LogP contribution in [0.2, 0.25) is 0 Å². The molecule has 1 N–H and O–H groups in total. The summed E-state index contributed by atoms with van der Waals surface area (Å²) >= 11 is 0. The van der Waals surface area contributed by atoms with Gasteiger partial charge < -0.3 is 10.0 Å². The molecule has 0 aliphatic heterocycles. The Balaban J connectivity index is 2.05. The molecule has 0 atom stereocenters. The van der Waals surface area contributed by atoms with Crippen LogP contribution in [0, 0.1) is 13.8 Å². The van der Waals surface area contributed by atoms with Gasteiger partial charge in [0.1, 0.15) is 0 Å². The predicted molar refractivity (Wildman–Crippen MR) is 126 cm³/mol. The fraction of sp³-hybridized carbons (Fsp3) is 0.360. The summed E-state index contributed by atoms with van der Waals surface area (Å²) in [6.07, 6.45) is 2.66. The van der Waals surface area contributed by atoms with Gasteiger partial charge in [-0.3, -0.25) is 9.79 Å². The molecule has 0 spiro atoms. The van der Waals surface area contributed by atoms with E-state index in [1.165, 1.54) is 4.57 Å². The van der Waals surface area contributed by atoms with E-state index in [0.29, 0.717) is 28.6 Å². The highest BCUT2D eigenvalue weighted by Crippen LogP contribution is 2.27. The summed E-state index contributed by atoms with van der Waals surface area (Å²) in [7, 11) is 0. The molecule has 0 amide bonds. The molecule has 0 unspecified atom stereocenters. The number of fused-ring (bicyclic) bond motifs is 1. The van der Waals surface area contributed by atoms with Crippen LogP contribution in [-0.4, -0.2) is 47.0 Å². The summed E-state index contributed by atoms with van der Waals surface area (Å²) in [6.45, 7) is 12.0. The monoisotopic (exact) mass is 405 g/mol.